The molecule has 0 saturated carbocycles. The maximum Gasteiger partial charge on any atom is 0.339 e. The van der Waals surface area contributed by atoms with Crippen LogP contribution in [0, 0.1) is 0 Å². The molecular weight excluding hydrogens is 416 g/mol. The topological polar surface area (TPSA) is 77.3 Å². The van der Waals surface area contributed by atoms with Crippen LogP contribution in [0.3, 0.4) is 0 Å². The van der Waals surface area contributed by atoms with Crippen LogP contribution in [0.25, 0.3) is 22.3 Å². The second-order valence-electron chi connectivity index (χ2n) is 8.12. The quantitative estimate of drug-likeness (QED) is 0.398. The van der Waals surface area contributed by atoms with E-state index in [9.17, 15) is 9.59 Å². The zero-order chi connectivity index (χ0) is 23.5. The van der Waals surface area contributed by atoms with Gasteiger partial charge in [-0.1, -0.05) is 48.5 Å². The minimum Gasteiger partial charge on any atom is -0.449 e. The number of amides is 1. The predicted molar refractivity (Wildman–Crippen MR) is 128 cm³/mol. The van der Waals surface area contributed by atoms with Crippen LogP contribution in [0.1, 0.15) is 37.2 Å². The van der Waals surface area contributed by atoms with Crippen molar-refractivity contribution in [3.05, 3.63) is 78.5 Å². The van der Waals surface area contributed by atoms with Gasteiger partial charge in [-0.2, -0.15) is 5.10 Å². The Hall–Kier alpha value is -4.00. The van der Waals surface area contributed by atoms with Crippen molar-refractivity contribution in [1.82, 2.24) is 14.8 Å². The van der Waals surface area contributed by atoms with E-state index in [0.29, 0.717) is 22.3 Å². The monoisotopic (exact) mass is 442 g/mol. The fourth-order valence-corrected chi connectivity index (χ4v) is 3.65. The smallest absolute Gasteiger partial charge is 0.339 e. The SMILES string of the molecule is CC(OC(=O)c1cc(-c2ccccc2)nc2c1cnn2C(C)C)C(=O)N(C)c1ccccc1. The van der Waals surface area contributed by atoms with Crippen LogP contribution >= 0.6 is 0 Å². The maximum atomic E-state index is 13.2. The van der Waals surface area contributed by atoms with Gasteiger partial charge in [0.25, 0.3) is 5.91 Å². The number of aromatic nitrogens is 3. The zero-order valence-corrected chi connectivity index (χ0v) is 19.1. The molecule has 4 aromatic rings. The van der Waals surface area contributed by atoms with Gasteiger partial charge >= 0.3 is 5.97 Å². The molecule has 1 atom stereocenters. The number of carbonyl (C=O) groups is 2. The van der Waals surface area contributed by atoms with E-state index in [0.717, 1.165) is 11.3 Å². The molecule has 0 aliphatic rings. The van der Waals surface area contributed by atoms with Crippen molar-refractivity contribution in [1.29, 1.82) is 0 Å². The molecule has 4 rings (SSSR count). The Labute approximate surface area is 192 Å². The van der Waals surface area contributed by atoms with Gasteiger partial charge in [0.05, 0.1) is 22.8 Å². The highest BCUT2D eigenvalue weighted by molar-refractivity contribution is 6.05. The summed E-state index contributed by atoms with van der Waals surface area (Å²) in [6, 6.07) is 20.6. The van der Waals surface area contributed by atoms with Gasteiger partial charge in [-0.3, -0.25) is 4.79 Å². The predicted octanol–water partition coefficient (Wildman–Crippen LogP) is 4.89. The van der Waals surface area contributed by atoms with Gasteiger partial charge in [0.15, 0.2) is 11.8 Å². The lowest BCUT2D eigenvalue weighted by atomic mass is 10.1. The minimum atomic E-state index is -0.966. The molecule has 168 valence electrons. The van der Waals surface area contributed by atoms with Gasteiger partial charge in [0, 0.05) is 24.3 Å². The van der Waals surface area contributed by atoms with Crippen LogP contribution in [0.15, 0.2) is 72.9 Å². The molecule has 0 spiro atoms. The largest absolute Gasteiger partial charge is 0.449 e. The first-order valence-corrected chi connectivity index (χ1v) is 10.8. The molecule has 0 fully saturated rings. The highest BCUT2D eigenvalue weighted by Crippen LogP contribution is 2.27. The first-order chi connectivity index (χ1) is 15.9. The van der Waals surface area contributed by atoms with Crippen molar-refractivity contribution in [2.45, 2.75) is 32.9 Å². The van der Waals surface area contributed by atoms with Gasteiger partial charge in [-0.15, -0.1) is 0 Å². The van der Waals surface area contributed by atoms with E-state index in [-0.39, 0.29) is 11.9 Å². The number of esters is 1. The van der Waals surface area contributed by atoms with Crippen molar-refractivity contribution in [3.63, 3.8) is 0 Å². The Bertz CT molecular complexity index is 1280. The van der Waals surface area contributed by atoms with Gasteiger partial charge in [0.2, 0.25) is 0 Å². The number of benzene rings is 2. The van der Waals surface area contributed by atoms with Crippen molar-refractivity contribution in [2.24, 2.45) is 0 Å². The lowest BCUT2D eigenvalue weighted by Gasteiger charge is -2.21. The highest BCUT2D eigenvalue weighted by Gasteiger charge is 2.26. The van der Waals surface area contributed by atoms with E-state index in [1.54, 1.807) is 30.9 Å². The van der Waals surface area contributed by atoms with E-state index in [1.807, 2.05) is 74.5 Å². The van der Waals surface area contributed by atoms with Crippen LogP contribution in [-0.2, 0) is 9.53 Å². The molecule has 33 heavy (non-hydrogen) atoms. The number of pyridine rings is 1. The third kappa shape index (κ3) is 4.48. The molecule has 0 aliphatic carbocycles. The molecule has 0 bridgehead atoms. The maximum absolute atomic E-state index is 13.2. The summed E-state index contributed by atoms with van der Waals surface area (Å²) in [7, 11) is 1.66. The Morgan fingerprint density at radius 2 is 1.61 bits per heavy atom. The van der Waals surface area contributed by atoms with Crippen LogP contribution in [-0.4, -0.2) is 39.8 Å². The molecule has 2 aromatic carbocycles. The highest BCUT2D eigenvalue weighted by atomic mass is 16.5. The summed E-state index contributed by atoms with van der Waals surface area (Å²) >= 11 is 0. The molecule has 0 aliphatic heterocycles. The number of nitrogens with zero attached hydrogens (tertiary/aromatic N) is 4. The van der Waals surface area contributed by atoms with Crippen LogP contribution < -0.4 is 4.90 Å². The lowest BCUT2D eigenvalue weighted by molar-refractivity contribution is -0.126. The number of likely N-dealkylation sites (N-methyl/N-ethyl adjacent to an activating group) is 1. The summed E-state index contributed by atoms with van der Waals surface area (Å²) in [6.45, 7) is 5.58. The van der Waals surface area contributed by atoms with Gasteiger partial charge in [-0.25, -0.2) is 14.5 Å². The number of rotatable bonds is 6. The summed E-state index contributed by atoms with van der Waals surface area (Å²) < 4.78 is 7.39. The number of anilines is 1. The summed E-state index contributed by atoms with van der Waals surface area (Å²) in [5.74, 6) is -0.911. The molecule has 0 radical (unpaired) electrons. The van der Waals surface area contributed by atoms with Crippen LogP contribution in [0.5, 0.6) is 0 Å². The summed E-state index contributed by atoms with van der Waals surface area (Å²) in [4.78, 5) is 32.4. The van der Waals surface area contributed by atoms with Gasteiger partial charge in [-0.05, 0) is 39.0 Å². The van der Waals surface area contributed by atoms with E-state index in [4.69, 9.17) is 9.72 Å². The number of carbonyl (C=O) groups excluding carboxylic acids is 2. The van der Waals surface area contributed by atoms with E-state index in [2.05, 4.69) is 5.10 Å². The van der Waals surface area contributed by atoms with Crippen molar-refractivity contribution < 1.29 is 14.3 Å². The van der Waals surface area contributed by atoms with Crippen LogP contribution in [0.2, 0.25) is 0 Å². The third-order valence-electron chi connectivity index (χ3n) is 5.45. The number of fused-ring (bicyclic) bond motifs is 1. The van der Waals surface area contributed by atoms with Gasteiger partial charge in [0.1, 0.15) is 0 Å². The summed E-state index contributed by atoms with van der Waals surface area (Å²) in [6.07, 6.45) is 0.655. The Morgan fingerprint density at radius 3 is 2.24 bits per heavy atom. The summed E-state index contributed by atoms with van der Waals surface area (Å²) in [5.41, 5.74) is 3.16. The Morgan fingerprint density at radius 1 is 0.970 bits per heavy atom. The normalized spacial score (nSPS) is 12.0. The first-order valence-electron chi connectivity index (χ1n) is 10.8. The average molecular weight is 443 g/mol. The molecule has 2 heterocycles. The molecule has 7 nitrogen and oxygen atoms in total. The first kappa shape index (κ1) is 22.2. The minimum absolute atomic E-state index is 0.0601. The Balaban J connectivity index is 1.68. The lowest BCUT2D eigenvalue weighted by Crippen LogP contribution is -2.37. The fourth-order valence-electron chi connectivity index (χ4n) is 3.65. The van der Waals surface area contributed by atoms with Crippen molar-refractivity contribution >= 4 is 28.6 Å². The molecular formula is C26H26N4O3. The molecule has 2 aromatic heterocycles. The molecule has 1 unspecified atom stereocenters. The molecule has 0 N–H and O–H groups in total. The van der Waals surface area contributed by atoms with Crippen molar-refractivity contribution in [2.75, 3.05) is 11.9 Å². The van der Waals surface area contributed by atoms with E-state index < -0.39 is 12.1 Å². The zero-order valence-electron chi connectivity index (χ0n) is 19.1. The number of hydrogen-bond acceptors (Lipinski definition) is 5. The summed E-state index contributed by atoms with van der Waals surface area (Å²) in [5, 5.41) is 5.01. The number of ether oxygens (including phenoxy) is 1. The second kappa shape index (κ2) is 9.24. The number of hydrogen-bond donors (Lipinski definition) is 0. The molecule has 1 amide bonds. The van der Waals surface area contributed by atoms with E-state index in [1.165, 1.54) is 4.90 Å². The second-order valence-corrected chi connectivity index (χ2v) is 8.12. The van der Waals surface area contributed by atoms with E-state index >= 15 is 0 Å². The molecule has 7 heteroatoms. The van der Waals surface area contributed by atoms with Crippen LogP contribution in [0.4, 0.5) is 5.69 Å². The Kier molecular flexibility index (Phi) is 6.22. The average Bonchev–Trinajstić information content (AvgIpc) is 3.28. The standard InChI is InChI=1S/C26H26N4O3/c1-17(2)30-24-22(16-27-30)21(15-23(28-24)19-11-7-5-8-12-19)26(32)33-18(3)25(31)29(4)20-13-9-6-10-14-20/h5-18H,1-4H3. The number of para-hydroxylation sites is 1. The molecule has 0 saturated heterocycles. The van der Waals surface area contributed by atoms with Gasteiger partial charge < -0.3 is 9.64 Å². The van der Waals surface area contributed by atoms with Crippen molar-refractivity contribution in [3.8, 4) is 11.3 Å². The fraction of sp³-hybridized carbons (Fsp3) is 0.231. The third-order valence-corrected chi connectivity index (χ3v) is 5.45.